The summed E-state index contributed by atoms with van der Waals surface area (Å²) in [7, 11) is 0. The molecule has 0 spiro atoms. The molecule has 0 aliphatic carbocycles. The van der Waals surface area contributed by atoms with Crippen molar-refractivity contribution in [2.24, 2.45) is 0 Å². The standard InChI is InChI=1S/C7H4I2N2/c8-6-7(9)11-4-2-1-3-5(11)10-6/h1-4H. The zero-order valence-electron chi connectivity index (χ0n) is 5.46. The van der Waals surface area contributed by atoms with E-state index < -0.39 is 0 Å². The van der Waals surface area contributed by atoms with Gasteiger partial charge in [-0.3, -0.25) is 4.40 Å². The molecule has 2 aromatic rings. The van der Waals surface area contributed by atoms with E-state index >= 15 is 0 Å². The number of pyridine rings is 1. The van der Waals surface area contributed by atoms with Gasteiger partial charge in [0.2, 0.25) is 0 Å². The average Bonchev–Trinajstić information content (AvgIpc) is 2.30. The zero-order chi connectivity index (χ0) is 7.84. The second-order valence-corrected chi connectivity index (χ2v) is 4.17. The molecule has 0 N–H and O–H groups in total. The summed E-state index contributed by atoms with van der Waals surface area (Å²) in [5, 5.41) is 0. The smallest absolute Gasteiger partial charge is 0.138 e. The fourth-order valence-corrected chi connectivity index (χ4v) is 1.97. The summed E-state index contributed by atoms with van der Waals surface area (Å²) in [5.41, 5.74) is 1.02. The van der Waals surface area contributed by atoms with Crippen LogP contribution in [0.3, 0.4) is 0 Å². The molecule has 56 valence electrons. The fraction of sp³-hybridized carbons (Fsp3) is 0. The maximum Gasteiger partial charge on any atom is 0.138 e. The lowest BCUT2D eigenvalue weighted by molar-refractivity contribution is 1.15. The Morgan fingerprint density at radius 1 is 1.27 bits per heavy atom. The molecule has 0 aromatic carbocycles. The van der Waals surface area contributed by atoms with E-state index in [0.717, 1.165) is 9.35 Å². The van der Waals surface area contributed by atoms with Crippen molar-refractivity contribution in [2.75, 3.05) is 0 Å². The minimum absolute atomic E-state index is 1.02. The van der Waals surface area contributed by atoms with Crippen LogP contribution in [0.15, 0.2) is 24.4 Å². The van der Waals surface area contributed by atoms with Crippen molar-refractivity contribution in [3.05, 3.63) is 31.8 Å². The third-order valence-electron chi connectivity index (χ3n) is 1.43. The molecular formula is C7H4I2N2. The van der Waals surface area contributed by atoms with E-state index in [-0.39, 0.29) is 0 Å². The molecule has 0 radical (unpaired) electrons. The highest BCUT2D eigenvalue weighted by molar-refractivity contribution is 14.1. The van der Waals surface area contributed by atoms with Gasteiger partial charge in [0.25, 0.3) is 0 Å². The van der Waals surface area contributed by atoms with Crippen molar-refractivity contribution >= 4 is 50.8 Å². The summed E-state index contributed by atoms with van der Waals surface area (Å²) in [6.07, 6.45) is 2.02. The van der Waals surface area contributed by atoms with Gasteiger partial charge in [-0.25, -0.2) is 4.98 Å². The van der Waals surface area contributed by atoms with E-state index in [0.29, 0.717) is 0 Å². The summed E-state index contributed by atoms with van der Waals surface area (Å²) in [4.78, 5) is 4.35. The minimum atomic E-state index is 1.02. The van der Waals surface area contributed by atoms with Crippen molar-refractivity contribution in [3.63, 3.8) is 0 Å². The molecule has 2 heterocycles. The molecule has 0 aliphatic rings. The first-order valence-corrected chi connectivity index (χ1v) is 5.23. The predicted molar refractivity (Wildman–Crippen MR) is 60.6 cm³/mol. The van der Waals surface area contributed by atoms with Crippen molar-refractivity contribution in [1.82, 2.24) is 9.38 Å². The number of nitrogens with zero attached hydrogens (tertiary/aromatic N) is 2. The predicted octanol–water partition coefficient (Wildman–Crippen LogP) is 2.54. The molecule has 0 aliphatic heterocycles. The van der Waals surface area contributed by atoms with Crippen LogP contribution in [0.2, 0.25) is 0 Å². The van der Waals surface area contributed by atoms with Gasteiger partial charge < -0.3 is 0 Å². The van der Waals surface area contributed by atoms with Crippen LogP contribution in [0.1, 0.15) is 0 Å². The lowest BCUT2D eigenvalue weighted by Gasteiger charge is -1.90. The molecule has 0 saturated heterocycles. The Bertz CT molecular complexity index is 394. The number of rotatable bonds is 0. The Kier molecular flexibility index (Phi) is 2.04. The highest BCUT2D eigenvalue weighted by atomic mass is 127. The van der Waals surface area contributed by atoms with E-state index in [2.05, 4.69) is 54.6 Å². The third kappa shape index (κ3) is 1.26. The molecular weight excluding hydrogens is 366 g/mol. The van der Waals surface area contributed by atoms with Crippen molar-refractivity contribution in [2.45, 2.75) is 0 Å². The van der Waals surface area contributed by atoms with Crippen LogP contribution >= 0.6 is 45.2 Å². The quantitative estimate of drug-likeness (QED) is 0.652. The molecule has 0 fully saturated rings. The maximum absolute atomic E-state index is 4.35. The van der Waals surface area contributed by atoms with E-state index in [1.165, 1.54) is 3.70 Å². The first kappa shape index (κ1) is 7.78. The third-order valence-corrected chi connectivity index (χ3v) is 4.25. The van der Waals surface area contributed by atoms with E-state index in [1.807, 2.05) is 24.4 Å². The molecule has 2 nitrogen and oxygen atoms in total. The van der Waals surface area contributed by atoms with Gasteiger partial charge in [-0.15, -0.1) is 0 Å². The Morgan fingerprint density at radius 3 is 2.82 bits per heavy atom. The lowest BCUT2D eigenvalue weighted by Crippen LogP contribution is -1.84. The van der Waals surface area contributed by atoms with Crippen LogP contribution in [0.4, 0.5) is 0 Å². The number of hydrogen-bond acceptors (Lipinski definition) is 1. The van der Waals surface area contributed by atoms with Crippen LogP contribution in [0, 0.1) is 7.40 Å². The molecule has 0 bridgehead atoms. The number of imidazole rings is 1. The molecule has 0 amide bonds. The SMILES string of the molecule is Ic1nc2ccccn2c1I. The largest absolute Gasteiger partial charge is 0.294 e. The van der Waals surface area contributed by atoms with Crippen LogP contribution in [-0.2, 0) is 0 Å². The normalized spacial score (nSPS) is 10.7. The van der Waals surface area contributed by atoms with Gasteiger partial charge in [0, 0.05) is 6.20 Å². The molecule has 2 rings (SSSR count). The van der Waals surface area contributed by atoms with Gasteiger partial charge in [-0.1, -0.05) is 6.07 Å². The second-order valence-electron chi connectivity index (χ2n) is 2.12. The topological polar surface area (TPSA) is 17.3 Å². The van der Waals surface area contributed by atoms with Gasteiger partial charge in [0.1, 0.15) is 13.0 Å². The number of halogens is 2. The van der Waals surface area contributed by atoms with Gasteiger partial charge in [-0.2, -0.15) is 0 Å². The fourth-order valence-electron chi connectivity index (χ4n) is 0.937. The molecule has 11 heavy (non-hydrogen) atoms. The van der Waals surface area contributed by atoms with Crippen LogP contribution in [0.5, 0.6) is 0 Å². The van der Waals surface area contributed by atoms with Crippen LogP contribution in [0.25, 0.3) is 5.65 Å². The van der Waals surface area contributed by atoms with E-state index in [9.17, 15) is 0 Å². The Morgan fingerprint density at radius 2 is 2.09 bits per heavy atom. The molecule has 4 heteroatoms. The van der Waals surface area contributed by atoms with Crippen LogP contribution in [-0.4, -0.2) is 9.38 Å². The zero-order valence-corrected chi connectivity index (χ0v) is 9.77. The van der Waals surface area contributed by atoms with Gasteiger partial charge in [-0.05, 0) is 57.3 Å². The monoisotopic (exact) mass is 370 g/mol. The molecule has 0 atom stereocenters. The first-order chi connectivity index (χ1) is 5.29. The number of aromatic nitrogens is 2. The summed E-state index contributed by atoms with van der Waals surface area (Å²) in [6, 6.07) is 6.01. The van der Waals surface area contributed by atoms with Gasteiger partial charge >= 0.3 is 0 Å². The number of hydrogen-bond donors (Lipinski definition) is 0. The van der Waals surface area contributed by atoms with Crippen molar-refractivity contribution < 1.29 is 0 Å². The molecule has 2 aromatic heterocycles. The van der Waals surface area contributed by atoms with Gasteiger partial charge in [0.05, 0.1) is 0 Å². The van der Waals surface area contributed by atoms with Gasteiger partial charge in [0.15, 0.2) is 0 Å². The number of fused-ring (bicyclic) bond motifs is 1. The Labute approximate surface area is 91.3 Å². The summed E-state index contributed by atoms with van der Waals surface area (Å²) in [6.45, 7) is 0. The Hall–Kier alpha value is 0.150. The lowest BCUT2D eigenvalue weighted by atomic mass is 10.5. The van der Waals surface area contributed by atoms with Crippen molar-refractivity contribution in [1.29, 1.82) is 0 Å². The molecule has 0 saturated carbocycles. The molecule has 0 unspecified atom stereocenters. The second kappa shape index (κ2) is 2.89. The average molecular weight is 370 g/mol. The van der Waals surface area contributed by atoms with Crippen molar-refractivity contribution in [3.8, 4) is 0 Å². The Balaban J connectivity index is 2.92. The van der Waals surface area contributed by atoms with Crippen LogP contribution < -0.4 is 0 Å². The summed E-state index contributed by atoms with van der Waals surface area (Å²) in [5.74, 6) is 0. The highest BCUT2D eigenvalue weighted by Gasteiger charge is 2.03. The summed E-state index contributed by atoms with van der Waals surface area (Å²) >= 11 is 4.53. The first-order valence-electron chi connectivity index (χ1n) is 3.07. The van der Waals surface area contributed by atoms with E-state index in [4.69, 9.17) is 0 Å². The highest BCUT2D eigenvalue weighted by Crippen LogP contribution is 2.15. The summed E-state index contributed by atoms with van der Waals surface area (Å²) < 4.78 is 4.32. The maximum atomic E-state index is 4.35. The van der Waals surface area contributed by atoms with E-state index in [1.54, 1.807) is 0 Å². The minimum Gasteiger partial charge on any atom is -0.294 e.